The van der Waals surface area contributed by atoms with Crippen molar-refractivity contribution in [3.8, 4) is 0 Å². The monoisotopic (exact) mass is 207 g/mol. The van der Waals surface area contributed by atoms with Crippen LogP contribution >= 0.6 is 0 Å². The van der Waals surface area contributed by atoms with E-state index in [4.69, 9.17) is 4.52 Å². The molecule has 1 atom stereocenters. The van der Waals surface area contributed by atoms with Crippen molar-refractivity contribution < 1.29 is 9.32 Å². The zero-order valence-electron chi connectivity index (χ0n) is 8.54. The maximum Gasteiger partial charge on any atom is 0.242 e. The molecule has 0 spiro atoms. The second-order valence-electron chi connectivity index (χ2n) is 4.23. The average Bonchev–Trinajstić information content (AvgIpc) is 3.00. The quantitative estimate of drug-likeness (QED) is 0.720. The second-order valence-corrected chi connectivity index (χ2v) is 4.23. The van der Waals surface area contributed by atoms with Gasteiger partial charge in [-0.05, 0) is 19.8 Å². The zero-order valence-corrected chi connectivity index (χ0v) is 8.54. The van der Waals surface area contributed by atoms with Gasteiger partial charge in [-0.25, -0.2) is 0 Å². The van der Waals surface area contributed by atoms with Crippen molar-refractivity contribution in [2.24, 2.45) is 0 Å². The third-order valence-corrected chi connectivity index (χ3v) is 2.92. The molecule has 1 saturated carbocycles. The minimum absolute atomic E-state index is 0.00902. The van der Waals surface area contributed by atoms with Crippen molar-refractivity contribution in [3.63, 3.8) is 0 Å². The number of carbonyl (C=O) groups excluding carboxylic acids is 1. The summed E-state index contributed by atoms with van der Waals surface area (Å²) in [4.78, 5) is 11.4. The SMILES string of the molecule is CC1Nc2c(noc2C2CC2)CNC1=O. The molecule has 2 N–H and O–H groups in total. The highest BCUT2D eigenvalue weighted by atomic mass is 16.5. The Balaban J connectivity index is 1.97. The largest absolute Gasteiger partial charge is 0.369 e. The smallest absolute Gasteiger partial charge is 0.242 e. The number of anilines is 1. The molecular formula is C10H13N3O2. The molecular weight excluding hydrogens is 194 g/mol. The summed E-state index contributed by atoms with van der Waals surface area (Å²) >= 11 is 0. The number of amides is 1. The first kappa shape index (κ1) is 8.76. The molecule has 1 fully saturated rings. The number of hydrogen-bond acceptors (Lipinski definition) is 4. The van der Waals surface area contributed by atoms with Crippen LogP contribution in [0.2, 0.25) is 0 Å². The Bertz CT molecular complexity index is 409. The summed E-state index contributed by atoms with van der Waals surface area (Å²) in [5.41, 5.74) is 1.75. The lowest BCUT2D eigenvalue weighted by molar-refractivity contribution is -0.121. The Labute approximate surface area is 87.2 Å². The maximum absolute atomic E-state index is 11.4. The molecule has 0 bridgehead atoms. The molecule has 0 aromatic carbocycles. The Morgan fingerprint density at radius 3 is 3.00 bits per heavy atom. The molecule has 1 aliphatic carbocycles. The van der Waals surface area contributed by atoms with Crippen molar-refractivity contribution in [1.29, 1.82) is 0 Å². The lowest BCUT2D eigenvalue weighted by Gasteiger charge is -2.09. The lowest BCUT2D eigenvalue weighted by Crippen LogP contribution is -2.34. The van der Waals surface area contributed by atoms with Gasteiger partial charge in [0.1, 0.15) is 17.4 Å². The first-order chi connectivity index (χ1) is 7.25. The number of fused-ring (bicyclic) bond motifs is 1. The highest BCUT2D eigenvalue weighted by molar-refractivity contribution is 5.85. The Morgan fingerprint density at radius 2 is 2.27 bits per heavy atom. The van der Waals surface area contributed by atoms with E-state index in [1.807, 2.05) is 6.92 Å². The normalized spacial score (nSPS) is 25.1. The molecule has 80 valence electrons. The van der Waals surface area contributed by atoms with Gasteiger partial charge in [-0.3, -0.25) is 4.79 Å². The summed E-state index contributed by atoms with van der Waals surface area (Å²) in [6.07, 6.45) is 2.33. The number of aromatic nitrogens is 1. The summed E-state index contributed by atoms with van der Waals surface area (Å²) < 4.78 is 5.32. The van der Waals surface area contributed by atoms with E-state index in [0.29, 0.717) is 12.5 Å². The lowest BCUT2D eigenvalue weighted by atomic mass is 10.2. The van der Waals surface area contributed by atoms with Gasteiger partial charge in [0.05, 0.1) is 6.54 Å². The fourth-order valence-electron chi connectivity index (χ4n) is 1.84. The maximum atomic E-state index is 11.4. The van der Waals surface area contributed by atoms with Crippen molar-refractivity contribution in [3.05, 3.63) is 11.5 Å². The molecule has 1 amide bonds. The standard InChI is InChI=1S/C10H13N3O2/c1-5-10(14)11-4-7-8(12-5)9(15-13-7)6-2-3-6/h5-6,12H,2-4H2,1H3,(H,11,14). The fourth-order valence-corrected chi connectivity index (χ4v) is 1.84. The Hall–Kier alpha value is -1.52. The minimum atomic E-state index is -0.219. The van der Waals surface area contributed by atoms with Crippen LogP contribution in [-0.2, 0) is 11.3 Å². The Kier molecular flexibility index (Phi) is 1.74. The molecule has 5 heteroatoms. The molecule has 2 aliphatic rings. The van der Waals surface area contributed by atoms with Crippen LogP contribution in [0.5, 0.6) is 0 Å². The van der Waals surface area contributed by atoms with Gasteiger partial charge < -0.3 is 15.2 Å². The van der Waals surface area contributed by atoms with Gasteiger partial charge in [-0.15, -0.1) is 0 Å². The molecule has 1 aliphatic heterocycles. The topological polar surface area (TPSA) is 67.2 Å². The molecule has 0 saturated heterocycles. The van der Waals surface area contributed by atoms with Crippen LogP contribution in [0.3, 0.4) is 0 Å². The summed E-state index contributed by atoms with van der Waals surface area (Å²) in [6, 6.07) is -0.219. The van der Waals surface area contributed by atoms with Crippen LogP contribution in [0.4, 0.5) is 5.69 Å². The number of nitrogens with one attached hydrogen (secondary N) is 2. The van der Waals surface area contributed by atoms with E-state index in [1.54, 1.807) is 0 Å². The van der Waals surface area contributed by atoms with Gasteiger partial charge in [0.15, 0.2) is 5.76 Å². The van der Waals surface area contributed by atoms with E-state index in [0.717, 1.165) is 17.1 Å². The van der Waals surface area contributed by atoms with Crippen molar-refractivity contribution >= 4 is 11.6 Å². The number of carbonyl (C=O) groups is 1. The fraction of sp³-hybridized carbons (Fsp3) is 0.600. The van der Waals surface area contributed by atoms with Gasteiger partial charge >= 0.3 is 0 Å². The van der Waals surface area contributed by atoms with Crippen LogP contribution < -0.4 is 10.6 Å². The summed E-state index contributed by atoms with van der Waals surface area (Å²) in [6.45, 7) is 2.30. The van der Waals surface area contributed by atoms with Gasteiger partial charge in [0.2, 0.25) is 5.91 Å². The van der Waals surface area contributed by atoms with Crippen LogP contribution in [0.25, 0.3) is 0 Å². The van der Waals surface area contributed by atoms with E-state index >= 15 is 0 Å². The zero-order chi connectivity index (χ0) is 10.4. The number of hydrogen-bond donors (Lipinski definition) is 2. The van der Waals surface area contributed by atoms with Gasteiger partial charge in [0.25, 0.3) is 0 Å². The molecule has 2 heterocycles. The third kappa shape index (κ3) is 1.38. The first-order valence-electron chi connectivity index (χ1n) is 5.28. The molecule has 5 nitrogen and oxygen atoms in total. The van der Waals surface area contributed by atoms with Crippen molar-refractivity contribution in [2.45, 2.75) is 38.3 Å². The molecule has 1 unspecified atom stereocenters. The Morgan fingerprint density at radius 1 is 1.47 bits per heavy atom. The van der Waals surface area contributed by atoms with Crippen LogP contribution in [-0.4, -0.2) is 17.1 Å². The van der Waals surface area contributed by atoms with Crippen LogP contribution in [0.1, 0.15) is 37.1 Å². The average molecular weight is 207 g/mol. The van der Waals surface area contributed by atoms with Crippen LogP contribution in [0, 0.1) is 0 Å². The summed E-state index contributed by atoms with van der Waals surface area (Å²) in [5.74, 6) is 1.44. The van der Waals surface area contributed by atoms with Gasteiger partial charge in [0, 0.05) is 5.92 Å². The van der Waals surface area contributed by atoms with E-state index < -0.39 is 0 Å². The van der Waals surface area contributed by atoms with Gasteiger partial charge in [-0.2, -0.15) is 0 Å². The van der Waals surface area contributed by atoms with Crippen molar-refractivity contribution in [1.82, 2.24) is 10.5 Å². The molecule has 15 heavy (non-hydrogen) atoms. The van der Waals surface area contributed by atoms with E-state index in [9.17, 15) is 4.79 Å². The number of rotatable bonds is 1. The summed E-state index contributed by atoms with van der Waals surface area (Å²) in [7, 11) is 0. The first-order valence-corrected chi connectivity index (χ1v) is 5.28. The third-order valence-electron chi connectivity index (χ3n) is 2.92. The summed E-state index contributed by atoms with van der Waals surface area (Å²) in [5, 5.41) is 9.97. The van der Waals surface area contributed by atoms with Gasteiger partial charge in [-0.1, -0.05) is 5.16 Å². The highest BCUT2D eigenvalue weighted by Gasteiger charge is 2.34. The van der Waals surface area contributed by atoms with Crippen molar-refractivity contribution in [2.75, 3.05) is 5.32 Å². The minimum Gasteiger partial charge on any atom is -0.369 e. The van der Waals surface area contributed by atoms with E-state index in [1.165, 1.54) is 12.8 Å². The molecule has 0 radical (unpaired) electrons. The highest BCUT2D eigenvalue weighted by Crippen LogP contribution is 2.44. The van der Waals surface area contributed by atoms with E-state index in [-0.39, 0.29) is 11.9 Å². The predicted molar refractivity (Wildman–Crippen MR) is 53.4 cm³/mol. The second kappa shape index (κ2) is 2.98. The van der Waals surface area contributed by atoms with Crippen LogP contribution in [0.15, 0.2) is 4.52 Å². The molecule has 1 aromatic heterocycles. The number of nitrogens with zero attached hydrogens (tertiary/aromatic N) is 1. The molecule has 3 rings (SSSR count). The molecule has 1 aromatic rings. The van der Waals surface area contributed by atoms with E-state index in [2.05, 4.69) is 15.8 Å². The predicted octanol–water partition coefficient (Wildman–Crippen LogP) is 0.982.